The van der Waals surface area contributed by atoms with Gasteiger partial charge in [0.15, 0.2) is 0 Å². The number of anilines is 1. The van der Waals surface area contributed by atoms with Crippen LogP contribution in [0.4, 0.5) is 5.69 Å². The number of aryl methyl sites for hydroxylation is 1. The van der Waals surface area contributed by atoms with Crippen molar-refractivity contribution in [1.29, 1.82) is 0 Å². The molecule has 0 bridgehead atoms. The average molecular weight is 262 g/mol. The molecule has 18 heavy (non-hydrogen) atoms. The van der Waals surface area contributed by atoms with Crippen molar-refractivity contribution in [1.82, 2.24) is 4.98 Å². The minimum atomic E-state index is 0.626. The number of nitrogens with two attached hydrogens (primary N) is 1. The molecule has 3 nitrogen and oxygen atoms in total. The second-order valence-electron chi connectivity index (χ2n) is 4.06. The highest BCUT2D eigenvalue weighted by Crippen LogP contribution is 2.29. The van der Waals surface area contributed by atoms with Crippen molar-refractivity contribution in [2.75, 3.05) is 12.3 Å². The highest BCUT2D eigenvalue weighted by atomic mass is 32.1. The molecule has 0 aliphatic heterocycles. The summed E-state index contributed by atoms with van der Waals surface area (Å²) in [6.07, 6.45) is 2.16. The zero-order valence-corrected chi connectivity index (χ0v) is 11.6. The molecule has 0 atom stereocenters. The molecular weight excluding hydrogens is 244 g/mol. The third kappa shape index (κ3) is 2.82. The number of ether oxygens (including phenoxy) is 1. The maximum atomic E-state index is 5.96. The van der Waals surface area contributed by atoms with Gasteiger partial charge in [-0.1, -0.05) is 6.92 Å². The minimum Gasteiger partial charge on any atom is -0.492 e. The Bertz CT molecular complexity index is 522. The number of aromatic nitrogens is 1. The van der Waals surface area contributed by atoms with E-state index in [9.17, 15) is 0 Å². The fourth-order valence-corrected chi connectivity index (χ4v) is 2.68. The number of nitrogen functional groups attached to an aromatic ring is 1. The molecule has 0 saturated heterocycles. The van der Waals surface area contributed by atoms with Crippen molar-refractivity contribution in [3.63, 3.8) is 0 Å². The first-order valence-electron chi connectivity index (χ1n) is 6.21. The van der Waals surface area contributed by atoms with Gasteiger partial charge in [0.1, 0.15) is 5.75 Å². The second-order valence-corrected chi connectivity index (χ2v) is 5.00. The van der Waals surface area contributed by atoms with Crippen LogP contribution in [0.5, 0.6) is 5.75 Å². The lowest BCUT2D eigenvalue weighted by atomic mass is 10.1. The Kier molecular flexibility index (Phi) is 4.20. The summed E-state index contributed by atoms with van der Waals surface area (Å²) in [6, 6.07) is 5.84. The quantitative estimate of drug-likeness (QED) is 0.835. The summed E-state index contributed by atoms with van der Waals surface area (Å²) in [5, 5.41) is 3.26. The van der Waals surface area contributed by atoms with Crippen LogP contribution >= 0.6 is 11.3 Å². The van der Waals surface area contributed by atoms with E-state index in [0.717, 1.165) is 29.8 Å². The minimum absolute atomic E-state index is 0.626. The van der Waals surface area contributed by atoms with E-state index in [1.807, 2.05) is 25.1 Å². The molecule has 1 heterocycles. The number of thiazole rings is 1. The van der Waals surface area contributed by atoms with Crippen molar-refractivity contribution in [3.05, 3.63) is 28.6 Å². The zero-order chi connectivity index (χ0) is 13.0. The lowest BCUT2D eigenvalue weighted by molar-refractivity contribution is 0.342. The Morgan fingerprint density at radius 2 is 2.17 bits per heavy atom. The van der Waals surface area contributed by atoms with Crippen LogP contribution in [0.1, 0.15) is 25.3 Å². The van der Waals surface area contributed by atoms with E-state index in [-0.39, 0.29) is 0 Å². The summed E-state index contributed by atoms with van der Waals surface area (Å²) in [5.74, 6) is 0.741. The van der Waals surface area contributed by atoms with Gasteiger partial charge in [-0.05, 0) is 38.0 Å². The summed E-state index contributed by atoms with van der Waals surface area (Å²) in [5.41, 5.74) is 8.68. The molecule has 1 aromatic heterocycles. The highest BCUT2D eigenvalue weighted by Gasteiger charge is 2.07. The van der Waals surface area contributed by atoms with Crippen LogP contribution in [0.3, 0.4) is 0 Å². The van der Waals surface area contributed by atoms with Crippen molar-refractivity contribution < 1.29 is 4.74 Å². The van der Waals surface area contributed by atoms with Crippen LogP contribution in [-0.2, 0) is 6.42 Å². The van der Waals surface area contributed by atoms with Crippen LogP contribution < -0.4 is 10.5 Å². The van der Waals surface area contributed by atoms with Gasteiger partial charge >= 0.3 is 0 Å². The lowest BCUT2D eigenvalue weighted by Crippen LogP contribution is -1.97. The molecule has 0 unspecified atom stereocenters. The van der Waals surface area contributed by atoms with Gasteiger partial charge < -0.3 is 10.5 Å². The maximum Gasteiger partial charge on any atom is 0.142 e. The molecule has 1 aromatic carbocycles. The molecule has 4 heteroatoms. The van der Waals surface area contributed by atoms with Gasteiger partial charge in [-0.25, -0.2) is 4.98 Å². The van der Waals surface area contributed by atoms with Crippen LogP contribution in [0.25, 0.3) is 11.3 Å². The van der Waals surface area contributed by atoms with Crippen molar-refractivity contribution in [2.24, 2.45) is 0 Å². The van der Waals surface area contributed by atoms with Gasteiger partial charge in [0.05, 0.1) is 23.0 Å². The molecule has 2 rings (SSSR count). The molecule has 0 aliphatic carbocycles. The van der Waals surface area contributed by atoms with Gasteiger partial charge in [0.2, 0.25) is 0 Å². The van der Waals surface area contributed by atoms with Crippen LogP contribution in [-0.4, -0.2) is 11.6 Å². The van der Waals surface area contributed by atoms with E-state index in [2.05, 4.69) is 17.3 Å². The maximum absolute atomic E-state index is 5.96. The van der Waals surface area contributed by atoms with Crippen molar-refractivity contribution >= 4 is 17.0 Å². The Labute approximate surface area is 112 Å². The van der Waals surface area contributed by atoms with Crippen molar-refractivity contribution in [3.8, 4) is 17.0 Å². The number of nitrogens with zero attached hydrogens (tertiary/aromatic N) is 1. The molecule has 0 amide bonds. The average Bonchev–Trinajstić information content (AvgIpc) is 2.81. The summed E-state index contributed by atoms with van der Waals surface area (Å²) >= 11 is 1.71. The third-order valence-corrected chi connectivity index (χ3v) is 3.53. The van der Waals surface area contributed by atoms with Crippen LogP contribution in [0.15, 0.2) is 23.6 Å². The Morgan fingerprint density at radius 1 is 1.33 bits per heavy atom. The van der Waals surface area contributed by atoms with E-state index in [4.69, 9.17) is 10.5 Å². The molecule has 0 radical (unpaired) electrons. The van der Waals surface area contributed by atoms with Crippen molar-refractivity contribution in [2.45, 2.75) is 26.7 Å². The van der Waals surface area contributed by atoms with E-state index in [0.29, 0.717) is 12.3 Å². The molecule has 2 N–H and O–H groups in total. The Morgan fingerprint density at radius 3 is 2.83 bits per heavy atom. The van der Waals surface area contributed by atoms with E-state index in [1.165, 1.54) is 5.01 Å². The zero-order valence-electron chi connectivity index (χ0n) is 10.8. The fourth-order valence-electron chi connectivity index (χ4n) is 1.77. The number of rotatable bonds is 5. The highest BCUT2D eigenvalue weighted by molar-refractivity contribution is 7.09. The molecule has 2 aromatic rings. The van der Waals surface area contributed by atoms with Crippen LogP contribution in [0, 0.1) is 0 Å². The largest absolute Gasteiger partial charge is 0.492 e. The first-order valence-corrected chi connectivity index (χ1v) is 7.09. The SMILES string of the molecule is CCCc1nc(-c2ccc(OCC)c(N)c2)cs1. The van der Waals surface area contributed by atoms with Gasteiger partial charge in [-0.2, -0.15) is 0 Å². The Balaban J connectivity index is 2.24. The summed E-state index contributed by atoms with van der Waals surface area (Å²) in [7, 11) is 0. The molecule has 0 saturated carbocycles. The van der Waals surface area contributed by atoms with Gasteiger partial charge in [-0.15, -0.1) is 11.3 Å². The van der Waals surface area contributed by atoms with Crippen LogP contribution in [0.2, 0.25) is 0 Å². The number of hydrogen-bond acceptors (Lipinski definition) is 4. The molecular formula is C14H18N2OS. The predicted octanol–water partition coefficient (Wildman–Crippen LogP) is 3.74. The monoisotopic (exact) mass is 262 g/mol. The number of hydrogen-bond donors (Lipinski definition) is 1. The molecule has 0 aliphatic rings. The van der Waals surface area contributed by atoms with E-state index < -0.39 is 0 Å². The molecule has 96 valence electrons. The number of benzene rings is 1. The third-order valence-electron chi connectivity index (χ3n) is 2.62. The normalized spacial score (nSPS) is 10.6. The standard InChI is InChI=1S/C14H18N2OS/c1-3-5-14-16-12(9-18-14)10-6-7-13(17-4-2)11(15)8-10/h6-9H,3-5,15H2,1-2H3. The first kappa shape index (κ1) is 12.9. The summed E-state index contributed by atoms with van der Waals surface area (Å²) in [4.78, 5) is 4.61. The lowest BCUT2D eigenvalue weighted by Gasteiger charge is -2.07. The molecule has 0 spiro atoms. The first-order chi connectivity index (χ1) is 8.74. The van der Waals surface area contributed by atoms with Gasteiger partial charge in [0, 0.05) is 10.9 Å². The summed E-state index contributed by atoms with van der Waals surface area (Å²) < 4.78 is 5.43. The summed E-state index contributed by atoms with van der Waals surface area (Å²) in [6.45, 7) is 4.74. The topological polar surface area (TPSA) is 48.1 Å². The van der Waals surface area contributed by atoms with Gasteiger partial charge in [0.25, 0.3) is 0 Å². The predicted molar refractivity (Wildman–Crippen MR) is 77.1 cm³/mol. The smallest absolute Gasteiger partial charge is 0.142 e. The van der Waals surface area contributed by atoms with Gasteiger partial charge in [-0.3, -0.25) is 0 Å². The van der Waals surface area contributed by atoms with E-state index in [1.54, 1.807) is 11.3 Å². The Hall–Kier alpha value is -1.55. The molecule has 0 fully saturated rings. The van der Waals surface area contributed by atoms with E-state index >= 15 is 0 Å². The second kappa shape index (κ2) is 5.87. The fraction of sp³-hybridized carbons (Fsp3) is 0.357.